The topological polar surface area (TPSA) is 25.8 Å². The zero-order chi connectivity index (χ0) is 7.40. The largest absolute Gasteiger partial charge is 0.159 e. The molecule has 1 heterocycles. The average molecular weight is 134 g/mol. The summed E-state index contributed by atoms with van der Waals surface area (Å²) >= 11 is 0. The molecular weight excluding hydrogens is 124 g/mol. The van der Waals surface area contributed by atoms with Crippen molar-refractivity contribution in [2.24, 2.45) is 0 Å². The Bertz CT molecular complexity index is 241. The number of hydrogen-bond donors (Lipinski definition) is 0. The highest BCUT2D eigenvalue weighted by Crippen LogP contribution is 2.03. The van der Waals surface area contributed by atoms with Gasteiger partial charge in [-0.1, -0.05) is 12.2 Å². The van der Waals surface area contributed by atoms with E-state index in [0.29, 0.717) is 0 Å². The van der Waals surface area contributed by atoms with Gasteiger partial charge in [-0.15, -0.1) is 0 Å². The normalized spacial score (nSPS) is 10.6. The van der Waals surface area contributed by atoms with Gasteiger partial charge in [0.25, 0.3) is 0 Å². The lowest BCUT2D eigenvalue weighted by molar-refractivity contribution is 0.975. The fourth-order valence-electron chi connectivity index (χ4n) is 0.768. The van der Waals surface area contributed by atoms with E-state index >= 15 is 0 Å². The molecule has 0 radical (unpaired) electrons. The summed E-state index contributed by atoms with van der Waals surface area (Å²) in [5.74, 6) is 0. The van der Waals surface area contributed by atoms with E-state index in [1.165, 1.54) is 0 Å². The average Bonchev–Trinajstić information content (AvgIpc) is 1.94. The van der Waals surface area contributed by atoms with Gasteiger partial charge < -0.3 is 0 Å². The first-order valence-electron chi connectivity index (χ1n) is 3.25. The van der Waals surface area contributed by atoms with Gasteiger partial charge >= 0.3 is 0 Å². The number of rotatable bonds is 1. The second-order valence-electron chi connectivity index (χ2n) is 2.07. The zero-order valence-corrected chi connectivity index (χ0v) is 6.20. The van der Waals surface area contributed by atoms with Crippen molar-refractivity contribution in [1.29, 1.82) is 0 Å². The standard InChI is InChI=1S/C8H10N2/c1-3-4-8-5-6-9-10-7(8)2/h3-6H,1-2H3/b4-3-. The van der Waals surface area contributed by atoms with Crippen LogP contribution in [0.15, 0.2) is 18.3 Å². The highest BCUT2D eigenvalue weighted by atomic mass is 15.1. The van der Waals surface area contributed by atoms with Crippen molar-refractivity contribution in [3.8, 4) is 0 Å². The van der Waals surface area contributed by atoms with Crippen molar-refractivity contribution in [1.82, 2.24) is 10.2 Å². The first-order chi connectivity index (χ1) is 4.84. The van der Waals surface area contributed by atoms with E-state index in [-0.39, 0.29) is 0 Å². The summed E-state index contributed by atoms with van der Waals surface area (Å²) in [7, 11) is 0. The maximum atomic E-state index is 3.90. The molecule has 0 fully saturated rings. The maximum absolute atomic E-state index is 3.90. The van der Waals surface area contributed by atoms with Gasteiger partial charge in [0.05, 0.1) is 11.9 Å². The lowest BCUT2D eigenvalue weighted by atomic mass is 10.2. The van der Waals surface area contributed by atoms with E-state index in [9.17, 15) is 0 Å². The zero-order valence-electron chi connectivity index (χ0n) is 6.20. The van der Waals surface area contributed by atoms with E-state index in [4.69, 9.17) is 0 Å². The summed E-state index contributed by atoms with van der Waals surface area (Å²) in [6, 6.07) is 1.95. The summed E-state index contributed by atoms with van der Waals surface area (Å²) in [6.45, 7) is 3.93. The third-order valence-electron chi connectivity index (χ3n) is 1.29. The molecule has 0 bridgehead atoms. The van der Waals surface area contributed by atoms with E-state index < -0.39 is 0 Å². The van der Waals surface area contributed by atoms with Gasteiger partial charge in [-0.3, -0.25) is 0 Å². The van der Waals surface area contributed by atoms with Crippen LogP contribution in [0.3, 0.4) is 0 Å². The monoisotopic (exact) mass is 134 g/mol. The molecule has 0 N–H and O–H groups in total. The van der Waals surface area contributed by atoms with Gasteiger partial charge in [0, 0.05) is 0 Å². The van der Waals surface area contributed by atoms with E-state index in [1.807, 2.05) is 32.1 Å². The van der Waals surface area contributed by atoms with Crippen LogP contribution in [0.5, 0.6) is 0 Å². The Morgan fingerprint density at radius 2 is 2.30 bits per heavy atom. The van der Waals surface area contributed by atoms with Crippen LogP contribution in [-0.4, -0.2) is 10.2 Å². The molecule has 0 aromatic carbocycles. The van der Waals surface area contributed by atoms with Crippen LogP contribution in [0.4, 0.5) is 0 Å². The second-order valence-corrected chi connectivity index (χ2v) is 2.07. The third kappa shape index (κ3) is 1.41. The summed E-state index contributed by atoms with van der Waals surface area (Å²) in [5, 5.41) is 7.64. The van der Waals surface area contributed by atoms with Gasteiger partial charge in [0.15, 0.2) is 0 Å². The molecule has 0 spiro atoms. The molecule has 0 aliphatic rings. The molecule has 1 aromatic heterocycles. The minimum atomic E-state index is 0.973. The maximum Gasteiger partial charge on any atom is 0.0672 e. The molecule has 1 aromatic rings. The Morgan fingerprint density at radius 3 is 2.90 bits per heavy atom. The highest BCUT2D eigenvalue weighted by Gasteiger charge is 1.90. The molecule has 0 saturated carbocycles. The van der Waals surface area contributed by atoms with Crippen LogP contribution >= 0.6 is 0 Å². The van der Waals surface area contributed by atoms with Gasteiger partial charge in [-0.2, -0.15) is 10.2 Å². The lowest BCUT2D eigenvalue weighted by Crippen LogP contribution is -1.87. The molecule has 1 rings (SSSR count). The SMILES string of the molecule is C/C=C\c1ccnnc1C. The van der Waals surface area contributed by atoms with Crippen molar-refractivity contribution < 1.29 is 0 Å². The van der Waals surface area contributed by atoms with Crippen LogP contribution in [0.2, 0.25) is 0 Å². The molecule has 0 atom stereocenters. The van der Waals surface area contributed by atoms with Gasteiger partial charge in [0.1, 0.15) is 0 Å². The minimum absolute atomic E-state index is 0.973. The summed E-state index contributed by atoms with van der Waals surface area (Å²) in [4.78, 5) is 0. The van der Waals surface area contributed by atoms with Crippen molar-refractivity contribution in [3.63, 3.8) is 0 Å². The Kier molecular flexibility index (Phi) is 2.15. The van der Waals surface area contributed by atoms with E-state index in [2.05, 4.69) is 10.2 Å². The second kappa shape index (κ2) is 3.11. The van der Waals surface area contributed by atoms with E-state index in [1.54, 1.807) is 6.20 Å². The predicted octanol–water partition coefficient (Wildman–Crippen LogP) is 1.82. The molecule has 0 unspecified atom stereocenters. The summed E-state index contributed by atoms with van der Waals surface area (Å²) in [6.07, 6.45) is 5.70. The van der Waals surface area contributed by atoms with Gasteiger partial charge in [-0.05, 0) is 25.5 Å². The predicted molar refractivity (Wildman–Crippen MR) is 41.5 cm³/mol. The van der Waals surface area contributed by atoms with Crippen molar-refractivity contribution >= 4 is 6.08 Å². The lowest BCUT2D eigenvalue weighted by Gasteiger charge is -1.93. The molecule has 10 heavy (non-hydrogen) atoms. The highest BCUT2D eigenvalue weighted by molar-refractivity contribution is 5.49. The van der Waals surface area contributed by atoms with Crippen LogP contribution in [-0.2, 0) is 0 Å². The Morgan fingerprint density at radius 1 is 1.50 bits per heavy atom. The number of aromatic nitrogens is 2. The first-order valence-corrected chi connectivity index (χ1v) is 3.25. The minimum Gasteiger partial charge on any atom is -0.159 e. The van der Waals surface area contributed by atoms with Crippen LogP contribution < -0.4 is 0 Å². The van der Waals surface area contributed by atoms with Crippen LogP contribution in [0.1, 0.15) is 18.2 Å². The molecular formula is C8H10N2. The quantitative estimate of drug-likeness (QED) is 0.585. The molecule has 2 nitrogen and oxygen atoms in total. The summed E-state index contributed by atoms with van der Waals surface area (Å²) < 4.78 is 0. The first kappa shape index (κ1) is 6.93. The molecule has 0 saturated heterocycles. The van der Waals surface area contributed by atoms with Crippen molar-refractivity contribution in [2.75, 3.05) is 0 Å². The fraction of sp³-hybridized carbons (Fsp3) is 0.250. The van der Waals surface area contributed by atoms with Crippen LogP contribution in [0.25, 0.3) is 6.08 Å². The Labute approximate surface area is 60.6 Å². The molecule has 2 heteroatoms. The van der Waals surface area contributed by atoms with Gasteiger partial charge in [-0.25, -0.2) is 0 Å². The van der Waals surface area contributed by atoms with Crippen LogP contribution in [0, 0.1) is 6.92 Å². The van der Waals surface area contributed by atoms with Crippen molar-refractivity contribution in [3.05, 3.63) is 29.6 Å². The molecule has 0 amide bonds. The molecule has 52 valence electrons. The molecule has 0 aliphatic heterocycles. The Hall–Kier alpha value is -1.18. The third-order valence-corrected chi connectivity index (χ3v) is 1.29. The number of hydrogen-bond acceptors (Lipinski definition) is 2. The van der Waals surface area contributed by atoms with Crippen molar-refractivity contribution in [2.45, 2.75) is 13.8 Å². The number of allylic oxidation sites excluding steroid dienone is 1. The fourth-order valence-corrected chi connectivity index (χ4v) is 0.768. The Balaban J connectivity index is 3.03. The number of aryl methyl sites for hydroxylation is 1. The summed E-state index contributed by atoms with van der Waals surface area (Å²) in [5.41, 5.74) is 2.11. The number of nitrogens with zero attached hydrogens (tertiary/aromatic N) is 2. The smallest absolute Gasteiger partial charge is 0.0672 e. The van der Waals surface area contributed by atoms with E-state index in [0.717, 1.165) is 11.3 Å². The molecule has 0 aliphatic carbocycles. The van der Waals surface area contributed by atoms with Gasteiger partial charge in [0.2, 0.25) is 0 Å².